The first kappa shape index (κ1) is 20.9. The van der Waals surface area contributed by atoms with Gasteiger partial charge >= 0.3 is 0 Å². The molecule has 3 aromatic carbocycles. The van der Waals surface area contributed by atoms with Crippen LogP contribution in [0.4, 0.5) is 0 Å². The molecule has 0 bridgehead atoms. The highest BCUT2D eigenvalue weighted by Crippen LogP contribution is 2.35. The van der Waals surface area contributed by atoms with E-state index in [1.54, 1.807) is 0 Å². The smallest absolute Gasteiger partial charge is 0.223 e. The number of benzene rings is 3. The second-order valence-corrected chi connectivity index (χ2v) is 8.06. The van der Waals surface area contributed by atoms with Gasteiger partial charge in [-0.25, -0.2) is 0 Å². The molecule has 2 fully saturated rings. The van der Waals surface area contributed by atoms with E-state index in [0.29, 0.717) is 5.75 Å². The summed E-state index contributed by atoms with van der Waals surface area (Å²) in [5.74, 6) is 0.282. The number of aliphatic hydroxyl groups is 1. The van der Waals surface area contributed by atoms with Crippen LogP contribution in [0.1, 0.15) is 18.8 Å². The van der Waals surface area contributed by atoms with Gasteiger partial charge in [-0.3, -0.25) is 4.79 Å². The minimum atomic E-state index is -1.04. The Morgan fingerprint density at radius 1 is 1.00 bits per heavy atom. The number of aliphatic hydroxyl groups excluding tert-OH is 1. The Balaban J connectivity index is 1.37. The van der Waals surface area contributed by atoms with E-state index in [1.807, 2.05) is 72.8 Å². The van der Waals surface area contributed by atoms with E-state index in [4.69, 9.17) is 18.9 Å². The first-order valence-electron chi connectivity index (χ1n) is 10.7. The standard InChI is InChI=1S/C25H25NO6/c1-15(27)26-21-22(28)23-20(14-29-24(32-23)17-8-3-2-4-9-17)31-25(21)30-19-12-11-16-7-5-6-10-18(16)13-19/h2-13,20-25,28H,14H2,1H3,(H,26,27)/t20-,21-,22-,23+,24-,25-/m0/s1. The summed E-state index contributed by atoms with van der Waals surface area (Å²) in [7, 11) is 0. The molecular formula is C25H25NO6. The maximum Gasteiger partial charge on any atom is 0.223 e. The van der Waals surface area contributed by atoms with Crippen molar-refractivity contribution in [3.63, 3.8) is 0 Å². The Kier molecular flexibility index (Phi) is 5.80. The van der Waals surface area contributed by atoms with Gasteiger partial charge in [0.1, 0.15) is 30.1 Å². The Labute approximate surface area is 185 Å². The zero-order valence-electron chi connectivity index (χ0n) is 17.6. The number of amides is 1. The predicted octanol–water partition coefficient (Wildman–Crippen LogP) is 2.92. The lowest BCUT2D eigenvalue weighted by Crippen LogP contribution is -2.67. The molecule has 7 heteroatoms. The summed E-state index contributed by atoms with van der Waals surface area (Å²) < 4.78 is 24.1. The third kappa shape index (κ3) is 4.20. The van der Waals surface area contributed by atoms with Gasteiger partial charge in [0.05, 0.1) is 6.61 Å². The molecule has 2 aliphatic rings. The first-order chi connectivity index (χ1) is 15.6. The van der Waals surface area contributed by atoms with Gasteiger partial charge in [0.2, 0.25) is 12.2 Å². The number of carbonyl (C=O) groups excluding carboxylic acids is 1. The molecule has 3 aromatic rings. The molecule has 0 saturated carbocycles. The largest absolute Gasteiger partial charge is 0.463 e. The summed E-state index contributed by atoms with van der Waals surface area (Å²) >= 11 is 0. The second kappa shape index (κ2) is 8.88. The predicted molar refractivity (Wildman–Crippen MR) is 117 cm³/mol. The van der Waals surface area contributed by atoms with Crippen molar-refractivity contribution in [2.75, 3.05) is 6.61 Å². The van der Waals surface area contributed by atoms with Gasteiger partial charge in [-0.1, -0.05) is 60.7 Å². The van der Waals surface area contributed by atoms with Crippen molar-refractivity contribution < 1.29 is 28.8 Å². The molecule has 166 valence electrons. The van der Waals surface area contributed by atoms with Crippen LogP contribution in [0.25, 0.3) is 10.8 Å². The van der Waals surface area contributed by atoms with E-state index in [-0.39, 0.29) is 12.5 Å². The lowest BCUT2D eigenvalue weighted by molar-refractivity contribution is -0.333. The molecule has 0 unspecified atom stereocenters. The monoisotopic (exact) mass is 435 g/mol. The summed E-state index contributed by atoms with van der Waals surface area (Å²) in [6, 6.07) is 22.3. The summed E-state index contributed by atoms with van der Waals surface area (Å²) in [6.07, 6.45) is -3.79. The van der Waals surface area contributed by atoms with Gasteiger partial charge < -0.3 is 29.4 Å². The van der Waals surface area contributed by atoms with Crippen molar-refractivity contribution in [1.82, 2.24) is 5.32 Å². The van der Waals surface area contributed by atoms with Crippen LogP contribution in [-0.2, 0) is 19.0 Å². The number of rotatable bonds is 4. The van der Waals surface area contributed by atoms with Crippen molar-refractivity contribution >= 4 is 16.7 Å². The normalized spacial score (nSPS) is 29.8. The fourth-order valence-corrected chi connectivity index (χ4v) is 4.24. The molecule has 5 rings (SSSR count). The molecule has 0 radical (unpaired) electrons. The van der Waals surface area contributed by atoms with Gasteiger partial charge in [0, 0.05) is 12.5 Å². The Bertz CT molecular complexity index is 1090. The zero-order chi connectivity index (χ0) is 22.1. The lowest BCUT2D eigenvalue weighted by atomic mass is 9.95. The number of ether oxygens (including phenoxy) is 4. The summed E-state index contributed by atoms with van der Waals surface area (Å²) in [5.41, 5.74) is 0.851. The summed E-state index contributed by atoms with van der Waals surface area (Å²) in [4.78, 5) is 11.9. The lowest BCUT2D eigenvalue weighted by Gasteiger charge is -2.47. The van der Waals surface area contributed by atoms with Gasteiger partial charge in [-0.05, 0) is 22.9 Å². The van der Waals surface area contributed by atoms with E-state index in [9.17, 15) is 9.90 Å². The Morgan fingerprint density at radius 3 is 2.53 bits per heavy atom. The first-order valence-corrected chi connectivity index (χ1v) is 10.7. The van der Waals surface area contributed by atoms with Crippen molar-refractivity contribution in [3.8, 4) is 5.75 Å². The molecule has 2 aliphatic heterocycles. The van der Waals surface area contributed by atoms with Crippen LogP contribution in [0, 0.1) is 0 Å². The molecule has 6 atom stereocenters. The Hall–Kier alpha value is -2.97. The molecular weight excluding hydrogens is 410 g/mol. The highest BCUT2D eigenvalue weighted by molar-refractivity contribution is 5.83. The van der Waals surface area contributed by atoms with Crippen LogP contribution in [0.15, 0.2) is 72.8 Å². The molecule has 7 nitrogen and oxygen atoms in total. The average molecular weight is 435 g/mol. The quantitative estimate of drug-likeness (QED) is 0.656. The molecule has 2 heterocycles. The van der Waals surface area contributed by atoms with E-state index < -0.39 is 36.9 Å². The van der Waals surface area contributed by atoms with Gasteiger partial charge in [0.25, 0.3) is 0 Å². The highest BCUT2D eigenvalue weighted by atomic mass is 16.7. The number of carbonyl (C=O) groups is 1. The maximum atomic E-state index is 11.9. The highest BCUT2D eigenvalue weighted by Gasteiger charge is 2.50. The third-order valence-electron chi connectivity index (χ3n) is 5.78. The molecule has 0 spiro atoms. The van der Waals surface area contributed by atoms with Crippen LogP contribution >= 0.6 is 0 Å². The third-order valence-corrected chi connectivity index (χ3v) is 5.78. The average Bonchev–Trinajstić information content (AvgIpc) is 2.82. The van der Waals surface area contributed by atoms with E-state index in [0.717, 1.165) is 16.3 Å². The van der Waals surface area contributed by atoms with E-state index >= 15 is 0 Å². The van der Waals surface area contributed by atoms with Crippen molar-refractivity contribution in [2.45, 2.75) is 43.9 Å². The van der Waals surface area contributed by atoms with Gasteiger partial charge in [-0.15, -0.1) is 0 Å². The van der Waals surface area contributed by atoms with E-state index in [2.05, 4.69) is 5.32 Å². The van der Waals surface area contributed by atoms with E-state index in [1.165, 1.54) is 6.92 Å². The van der Waals surface area contributed by atoms with Crippen molar-refractivity contribution in [3.05, 3.63) is 78.4 Å². The van der Waals surface area contributed by atoms with Crippen molar-refractivity contribution in [1.29, 1.82) is 0 Å². The fourth-order valence-electron chi connectivity index (χ4n) is 4.24. The molecule has 0 aromatic heterocycles. The van der Waals surface area contributed by atoms with Crippen molar-refractivity contribution in [2.24, 2.45) is 0 Å². The maximum absolute atomic E-state index is 11.9. The van der Waals surface area contributed by atoms with Crippen LogP contribution in [0.3, 0.4) is 0 Å². The number of fused-ring (bicyclic) bond motifs is 2. The van der Waals surface area contributed by atoms with Gasteiger partial charge in [-0.2, -0.15) is 0 Å². The molecule has 2 N–H and O–H groups in total. The Morgan fingerprint density at radius 2 is 1.75 bits per heavy atom. The SMILES string of the molecule is CC(=O)N[C@@H]1[C@@H](Oc2ccc3ccccc3c2)O[C@H]2CO[C@H](c3ccccc3)O[C@H]2[C@H]1O. The minimum absolute atomic E-state index is 0.228. The summed E-state index contributed by atoms with van der Waals surface area (Å²) in [6.45, 7) is 1.62. The molecule has 32 heavy (non-hydrogen) atoms. The number of nitrogens with one attached hydrogen (secondary N) is 1. The topological polar surface area (TPSA) is 86.3 Å². The number of hydrogen-bond donors (Lipinski definition) is 2. The summed E-state index contributed by atoms with van der Waals surface area (Å²) in [5, 5.41) is 16.0. The molecule has 1 amide bonds. The minimum Gasteiger partial charge on any atom is -0.463 e. The number of hydrogen-bond acceptors (Lipinski definition) is 6. The second-order valence-electron chi connectivity index (χ2n) is 8.06. The fraction of sp³-hybridized carbons (Fsp3) is 0.320. The van der Waals surface area contributed by atoms with Gasteiger partial charge in [0.15, 0.2) is 6.29 Å². The van der Waals surface area contributed by atoms with Crippen LogP contribution in [-0.4, -0.2) is 48.3 Å². The molecule has 0 aliphatic carbocycles. The zero-order valence-corrected chi connectivity index (χ0v) is 17.6. The van der Waals surface area contributed by atoms with Crippen LogP contribution in [0.5, 0.6) is 5.75 Å². The molecule has 2 saturated heterocycles. The van der Waals surface area contributed by atoms with Crippen LogP contribution < -0.4 is 10.1 Å². The van der Waals surface area contributed by atoms with Crippen LogP contribution in [0.2, 0.25) is 0 Å².